The summed E-state index contributed by atoms with van der Waals surface area (Å²) in [7, 11) is 2.87. The van der Waals surface area contributed by atoms with E-state index >= 15 is 0 Å². The van der Waals surface area contributed by atoms with Crippen LogP contribution in [0.1, 0.15) is 0 Å². The summed E-state index contributed by atoms with van der Waals surface area (Å²) in [6.07, 6.45) is 0. The average molecular weight is 235 g/mol. The molecule has 0 aliphatic carbocycles. The molecule has 0 atom stereocenters. The van der Waals surface area contributed by atoms with Crippen LogP contribution in [0.4, 0.5) is 5.69 Å². The van der Waals surface area contributed by atoms with Gasteiger partial charge in [0.1, 0.15) is 0 Å². The molecule has 1 aromatic carbocycles. The second kappa shape index (κ2) is 4.20. The predicted molar refractivity (Wildman–Crippen MR) is 59.3 cm³/mol. The SMILES string of the molecule is COc1nc2ccc([N+](=O)[O-])cc2nc1OC. The highest BCUT2D eigenvalue weighted by Crippen LogP contribution is 2.26. The van der Waals surface area contributed by atoms with Crippen molar-refractivity contribution in [1.29, 1.82) is 0 Å². The molecule has 0 aliphatic rings. The minimum atomic E-state index is -0.488. The van der Waals surface area contributed by atoms with Crippen molar-refractivity contribution in [3.8, 4) is 11.8 Å². The zero-order valence-electron chi connectivity index (χ0n) is 9.21. The topological polar surface area (TPSA) is 87.4 Å². The van der Waals surface area contributed by atoms with E-state index in [2.05, 4.69) is 9.97 Å². The van der Waals surface area contributed by atoms with E-state index in [1.165, 1.54) is 32.4 Å². The zero-order chi connectivity index (χ0) is 12.4. The second-order valence-electron chi connectivity index (χ2n) is 3.17. The van der Waals surface area contributed by atoms with Gasteiger partial charge in [0.2, 0.25) is 0 Å². The van der Waals surface area contributed by atoms with Crippen LogP contribution in [0.2, 0.25) is 0 Å². The fourth-order valence-electron chi connectivity index (χ4n) is 1.39. The van der Waals surface area contributed by atoms with Crippen LogP contribution in [-0.4, -0.2) is 29.1 Å². The van der Waals surface area contributed by atoms with Crippen molar-refractivity contribution in [2.45, 2.75) is 0 Å². The van der Waals surface area contributed by atoms with Gasteiger partial charge < -0.3 is 9.47 Å². The van der Waals surface area contributed by atoms with Crippen LogP contribution in [0, 0.1) is 10.1 Å². The maximum absolute atomic E-state index is 10.6. The summed E-state index contributed by atoms with van der Waals surface area (Å²) in [5.41, 5.74) is 0.851. The number of nitro benzene ring substituents is 1. The Morgan fingerprint density at radius 2 is 1.71 bits per heavy atom. The number of aromatic nitrogens is 2. The zero-order valence-corrected chi connectivity index (χ0v) is 9.21. The number of nitro groups is 1. The first-order valence-electron chi connectivity index (χ1n) is 4.70. The van der Waals surface area contributed by atoms with Crippen LogP contribution in [0.15, 0.2) is 18.2 Å². The largest absolute Gasteiger partial charge is 0.477 e. The Balaban J connectivity index is 2.66. The highest BCUT2D eigenvalue weighted by atomic mass is 16.6. The van der Waals surface area contributed by atoms with E-state index in [4.69, 9.17) is 9.47 Å². The second-order valence-corrected chi connectivity index (χ2v) is 3.17. The molecule has 0 amide bonds. The van der Waals surface area contributed by atoms with Gasteiger partial charge in [0, 0.05) is 12.1 Å². The summed E-state index contributed by atoms with van der Waals surface area (Å²) in [5.74, 6) is 0.439. The van der Waals surface area contributed by atoms with Gasteiger partial charge in [0.15, 0.2) is 0 Å². The molecule has 0 spiro atoms. The maximum atomic E-state index is 10.6. The first-order valence-corrected chi connectivity index (χ1v) is 4.70. The Bertz CT molecular complexity index is 585. The summed E-state index contributed by atoms with van der Waals surface area (Å²) in [6.45, 7) is 0. The highest BCUT2D eigenvalue weighted by Gasteiger charge is 2.12. The van der Waals surface area contributed by atoms with Crippen LogP contribution in [0.3, 0.4) is 0 Å². The van der Waals surface area contributed by atoms with E-state index < -0.39 is 4.92 Å². The quantitative estimate of drug-likeness (QED) is 0.592. The molecule has 17 heavy (non-hydrogen) atoms. The minimum absolute atomic E-state index is 0.0426. The number of methoxy groups -OCH3 is 2. The molecule has 0 bridgehead atoms. The molecule has 0 saturated carbocycles. The summed E-state index contributed by atoms with van der Waals surface area (Å²) in [4.78, 5) is 18.4. The third-order valence-corrected chi connectivity index (χ3v) is 2.18. The van der Waals surface area contributed by atoms with Gasteiger partial charge >= 0.3 is 0 Å². The van der Waals surface area contributed by atoms with Crippen molar-refractivity contribution in [3.63, 3.8) is 0 Å². The van der Waals surface area contributed by atoms with Crippen molar-refractivity contribution in [1.82, 2.24) is 9.97 Å². The molecule has 1 aromatic heterocycles. The molecule has 0 radical (unpaired) electrons. The van der Waals surface area contributed by atoms with Gasteiger partial charge in [-0.15, -0.1) is 0 Å². The van der Waals surface area contributed by atoms with Crippen LogP contribution in [-0.2, 0) is 0 Å². The number of benzene rings is 1. The van der Waals surface area contributed by atoms with Crippen LogP contribution >= 0.6 is 0 Å². The van der Waals surface area contributed by atoms with Crippen molar-refractivity contribution in [3.05, 3.63) is 28.3 Å². The fourth-order valence-corrected chi connectivity index (χ4v) is 1.39. The van der Waals surface area contributed by atoms with Gasteiger partial charge in [-0.2, -0.15) is 0 Å². The molecular weight excluding hydrogens is 226 g/mol. The fraction of sp³-hybridized carbons (Fsp3) is 0.200. The molecule has 7 nitrogen and oxygen atoms in total. The van der Waals surface area contributed by atoms with Gasteiger partial charge in [-0.3, -0.25) is 10.1 Å². The molecule has 2 aromatic rings. The van der Waals surface area contributed by atoms with Crippen LogP contribution in [0.5, 0.6) is 11.8 Å². The van der Waals surface area contributed by atoms with E-state index in [-0.39, 0.29) is 17.4 Å². The summed E-state index contributed by atoms with van der Waals surface area (Å²) in [6, 6.07) is 4.22. The Morgan fingerprint density at radius 3 is 2.24 bits per heavy atom. The lowest BCUT2D eigenvalue weighted by Gasteiger charge is -2.06. The van der Waals surface area contributed by atoms with Gasteiger partial charge in [-0.1, -0.05) is 0 Å². The van der Waals surface area contributed by atoms with E-state index in [0.29, 0.717) is 11.0 Å². The molecule has 0 saturated heterocycles. The predicted octanol–water partition coefficient (Wildman–Crippen LogP) is 1.56. The number of rotatable bonds is 3. The first-order chi connectivity index (χ1) is 8.15. The molecule has 7 heteroatoms. The molecule has 2 rings (SSSR count). The Labute approximate surface area is 96.2 Å². The first kappa shape index (κ1) is 11.1. The van der Waals surface area contributed by atoms with Crippen molar-refractivity contribution < 1.29 is 14.4 Å². The van der Waals surface area contributed by atoms with Crippen molar-refractivity contribution in [2.24, 2.45) is 0 Å². The Hall–Kier alpha value is -2.44. The normalized spacial score (nSPS) is 10.2. The van der Waals surface area contributed by atoms with E-state index in [9.17, 15) is 10.1 Å². The lowest BCUT2D eigenvalue weighted by molar-refractivity contribution is -0.384. The number of fused-ring (bicyclic) bond motifs is 1. The molecular formula is C10H9N3O4. The molecule has 0 N–H and O–H groups in total. The highest BCUT2D eigenvalue weighted by molar-refractivity contribution is 5.78. The van der Waals surface area contributed by atoms with Crippen LogP contribution in [0.25, 0.3) is 11.0 Å². The van der Waals surface area contributed by atoms with Crippen LogP contribution < -0.4 is 9.47 Å². The van der Waals surface area contributed by atoms with Gasteiger partial charge in [0.25, 0.3) is 17.4 Å². The summed E-state index contributed by atoms with van der Waals surface area (Å²) < 4.78 is 9.97. The molecule has 0 unspecified atom stereocenters. The number of non-ortho nitro benzene ring substituents is 1. The number of nitrogens with zero attached hydrogens (tertiary/aromatic N) is 3. The number of hydrogen-bond donors (Lipinski definition) is 0. The average Bonchev–Trinajstić information content (AvgIpc) is 2.36. The summed E-state index contributed by atoms with van der Waals surface area (Å²) >= 11 is 0. The monoisotopic (exact) mass is 235 g/mol. The smallest absolute Gasteiger partial charge is 0.278 e. The lowest BCUT2D eigenvalue weighted by Crippen LogP contribution is -1.98. The lowest BCUT2D eigenvalue weighted by atomic mass is 10.2. The van der Waals surface area contributed by atoms with Gasteiger partial charge in [0.05, 0.1) is 30.2 Å². The van der Waals surface area contributed by atoms with E-state index in [1.807, 2.05) is 0 Å². The number of hydrogen-bond acceptors (Lipinski definition) is 6. The Kier molecular flexibility index (Phi) is 2.73. The molecule has 0 aliphatic heterocycles. The molecule has 0 fully saturated rings. The molecule has 1 heterocycles. The number of ether oxygens (including phenoxy) is 2. The van der Waals surface area contributed by atoms with Gasteiger partial charge in [-0.05, 0) is 6.07 Å². The van der Waals surface area contributed by atoms with E-state index in [0.717, 1.165) is 0 Å². The third-order valence-electron chi connectivity index (χ3n) is 2.18. The standard InChI is InChI=1S/C10H9N3O4/c1-16-9-10(17-2)12-8-5-6(13(14)15)3-4-7(8)11-9/h3-5H,1-2H3. The third kappa shape index (κ3) is 1.94. The van der Waals surface area contributed by atoms with Crippen molar-refractivity contribution >= 4 is 16.7 Å². The minimum Gasteiger partial charge on any atom is -0.477 e. The molecule has 88 valence electrons. The van der Waals surface area contributed by atoms with E-state index in [1.54, 1.807) is 0 Å². The summed E-state index contributed by atoms with van der Waals surface area (Å²) in [5, 5.41) is 10.6. The Morgan fingerprint density at radius 1 is 1.12 bits per heavy atom. The van der Waals surface area contributed by atoms with Crippen molar-refractivity contribution in [2.75, 3.05) is 14.2 Å². The van der Waals surface area contributed by atoms with Gasteiger partial charge in [-0.25, -0.2) is 9.97 Å². The maximum Gasteiger partial charge on any atom is 0.278 e.